The lowest BCUT2D eigenvalue weighted by atomic mass is 9.89. The van der Waals surface area contributed by atoms with Crippen molar-refractivity contribution in [1.82, 2.24) is 5.32 Å². The molecule has 0 radical (unpaired) electrons. The number of benzene rings is 2. The Morgan fingerprint density at radius 1 is 1.11 bits per heavy atom. The van der Waals surface area contributed by atoms with Crippen LogP contribution in [0.3, 0.4) is 0 Å². The standard InChI is InChI=1S/C26H25Cl3F3NOS/c27-21-13-18(14-22(28)24(21)29)20(26(30,31)32)9-5-15-4-8-19-17(12-15)2-1-3-23(19)35-11-10-33-25(34)16-6-7-16/h4-5,8-9,12-14,16,20,23H,1-3,6-7,10-11H2,(H,33,34)/b9-5+. The molecule has 0 saturated heterocycles. The SMILES string of the molecule is O=C(NCCSC1CCCc2cc(/C=C/C(c3cc(Cl)c(Cl)c(Cl)c3)C(F)(F)F)ccc21)C1CC1. The van der Waals surface area contributed by atoms with Gasteiger partial charge in [-0.05, 0) is 66.5 Å². The molecule has 1 saturated carbocycles. The zero-order chi connectivity index (χ0) is 25.2. The maximum atomic E-state index is 13.8. The van der Waals surface area contributed by atoms with Gasteiger partial charge in [0.2, 0.25) is 5.91 Å². The van der Waals surface area contributed by atoms with Crippen LogP contribution in [0.5, 0.6) is 0 Å². The highest BCUT2D eigenvalue weighted by atomic mass is 35.5. The van der Waals surface area contributed by atoms with Gasteiger partial charge >= 0.3 is 6.18 Å². The predicted molar refractivity (Wildman–Crippen MR) is 140 cm³/mol. The number of aryl methyl sites for hydroxylation is 1. The highest BCUT2D eigenvalue weighted by Crippen LogP contribution is 2.42. The third-order valence-electron chi connectivity index (χ3n) is 6.29. The zero-order valence-corrected chi connectivity index (χ0v) is 21.9. The molecule has 9 heteroatoms. The first kappa shape index (κ1) is 26.7. The van der Waals surface area contributed by atoms with Gasteiger partial charge in [0, 0.05) is 23.5 Å². The van der Waals surface area contributed by atoms with E-state index in [1.807, 2.05) is 30.0 Å². The molecule has 2 aliphatic rings. The Hall–Kier alpha value is -1.34. The summed E-state index contributed by atoms with van der Waals surface area (Å²) in [6, 6.07) is 8.27. The van der Waals surface area contributed by atoms with E-state index in [-0.39, 0.29) is 32.5 Å². The number of carbonyl (C=O) groups excluding carboxylic acids is 1. The number of halogens is 6. The van der Waals surface area contributed by atoms with E-state index >= 15 is 0 Å². The molecule has 188 valence electrons. The molecule has 2 aromatic rings. The predicted octanol–water partition coefficient (Wildman–Crippen LogP) is 8.64. The molecule has 2 unspecified atom stereocenters. The van der Waals surface area contributed by atoms with Crippen LogP contribution in [0.15, 0.2) is 36.4 Å². The molecule has 0 bridgehead atoms. The van der Waals surface area contributed by atoms with Crippen LogP contribution < -0.4 is 5.32 Å². The van der Waals surface area contributed by atoms with Crippen LogP contribution >= 0.6 is 46.6 Å². The maximum absolute atomic E-state index is 13.8. The van der Waals surface area contributed by atoms with Crippen molar-refractivity contribution >= 4 is 58.5 Å². The quantitative estimate of drug-likeness (QED) is 0.258. The van der Waals surface area contributed by atoms with Gasteiger partial charge < -0.3 is 5.32 Å². The minimum atomic E-state index is -4.51. The molecule has 0 aromatic heterocycles. The number of hydrogen-bond donors (Lipinski definition) is 1. The molecule has 2 nitrogen and oxygen atoms in total. The molecule has 0 heterocycles. The van der Waals surface area contributed by atoms with Gasteiger partial charge in [-0.3, -0.25) is 4.79 Å². The van der Waals surface area contributed by atoms with Crippen molar-refractivity contribution < 1.29 is 18.0 Å². The van der Waals surface area contributed by atoms with Crippen molar-refractivity contribution in [2.24, 2.45) is 5.92 Å². The van der Waals surface area contributed by atoms with Crippen LogP contribution in [0.2, 0.25) is 15.1 Å². The highest BCUT2D eigenvalue weighted by molar-refractivity contribution is 7.99. The maximum Gasteiger partial charge on any atom is 0.399 e. The van der Waals surface area contributed by atoms with Gasteiger partial charge in [0.05, 0.1) is 21.0 Å². The summed E-state index contributed by atoms with van der Waals surface area (Å²) in [7, 11) is 0. The fourth-order valence-electron chi connectivity index (χ4n) is 4.30. The van der Waals surface area contributed by atoms with Gasteiger partial charge in [0.25, 0.3) is 0 Å². The fourth-order valence-corrected chi connectivity index (χ4v) is 6.16. The topological polar surface area (TPSA) is 29.1 Å². The Morgan fingerprint density at radius 3 is 2.49 bits per heavy atom. The first-order valence-electron chi connectivity index (χ1n) is 11.5. The molecule has 1 N–H and O–H groups in total. The summed E-state index contributed by atoms with van der Waals surface area (Å²) in [5.74, 6) is -0.650. The monoisotopic (exact) mass is 561 g/mol. The van der Waals surface area contributed by atoms with Gasteiger partial charge in [0.1, 0.15) is 0 Å². The number of carbonyl (C=O) groups is 1. The molecule has 0 spiro atoms. The van der Waals surface area contributed by atoms with Crippen molar-refractivity contribution in [2.45, 2.75) is 49.4 Å². The fraction of sp³-hybridized carbons (Fsp3) is 0.423. The van der Waals surface area contributed by atoms with Crippen molar-refractivity contribution in [3.63, 3.8) is 0 Å². The molecular weight excluding hydrogens is 538 g/mol. The summed E-state index contributed by atoms with van der Waals surface area (Å²) in [6.45, 7) is 0.657. The molecule has 2 aliphatic carbocycles. The summed E-state index contributed by atoms with van der Waals surface area (Å²) in [4.78, 5) is 11.8. The van der Waals surface area contributed by atoms with Crippen molar-refractivity contribution in [2.75, 3.05) is 12.3 Å². The van der Waals surface area contributed by atoms with E-state index < -0.39 is 12.1 Å². The van der Waals surface area contributed by atoms with Gasteiger partial charge in [-0.15, -0.1) is 0 Å². The number of rotatable bonds is 8. The molecule has 0 aliphatic heterocycles. The van der Waals surface area contributed by atoms with Crippen LogP contribution in [-0.4, -0.2) is 24.4 Å². The molecular formula is C26H25Cl3F3NOS. The average Bonchev–Trinajstić information content (AvgIpc) is 3.65. The van der Waals surface area contributed by atoms with Crippen LogP contribution in [0, 0.1) is 5.92 Å². The van der Waals surface area contributed by atoms with Crippen LogP contribution in [0.25, 0.3) is 6.08 Å². The number of allylic oxidation sites excluding steroid dienone is 1. The summed E-state index contributed by atoms with van der Waals surface area (Å²) < 4.78 is 41.5. The lowest BCUT2D eigenvalue weighted by molar-refractivity contribution is -0.139. The Morgan fingerprint density at radius 2 is 1.83 bits per heavy atom. The normalized spacial score (nSPS) is 19.0. The van der Waals surface area contributed by atoms with Gasteiger partial charge in [-0.2, -0.15) is 24.9 Å². The Bertz CT molecular complexity index is 1090. The van der Waals surface area contributed by atoms with Crippen LogP contribution in [-0.2, 0) is 11.2 Å². The van der Waals surface area contributed by atoms with Crippen LogP contribution in [0.4, 0.5) is 13.2 Å². The third-order valence-corrected chi connectivity index (χ3v) is 8.82. The summed E-state index contributed by atoms with van der Waals surface area (Å²) in [5, 5.41) is 3.34. The van der Waals surface area contributed by atoms with Crippen molar-refractivity contribution in [3.8, 4) is 0 Å². The second-order valence-corrected chi connectivity index (χ2v) is 11.5. The lowest BCUT2D eigenvalue weighted by Gasteiger charge is -2.25. The van der Waals surface area contributed by atoms with E-state index in [1.165, 1.54) is 29.3 Å². The van der Waals surface area contributed by atoms with Crippen LogP contribution in [0.1, 0.15) is 59.1 Å². The summed E-state index contributed by atoms with van der Waals surface area (Å²) in [6.07, 6.45) is 3.10. The molecule has 35 heavy (non-hydrogen) atoms. The molecule has 1 fully saturated rings. The van der Waals surface area contributed by atoms with E-state index in [0.717, 1.165) is 43.9 Å². The van der Waals surface area contributed by atoms with E-state index in [9.17, 15) is 18.0 Å². The summed E-state index contributed by atoms with van der Waals surface area (Å²) in [5.41, 5.74) is 3.05. The van der Waals surface area contributed by atoms with Gasteiger partial charge in [-0.1, -0.05) is 65.2 Å². The molecule has 4 rings (SSSR count). The van der Waals surface area contributed by atoms with Crippen molar-refractivity contribution in [3.05, 3.63) is 73.7 Å². The minimum absolute atomic E-state index is 0.0127. The van der Waals surface area contributed by atoms with E-state index in [1.54, 1.807) is 0 Å². The second kappa shape index (κ2) is 11.4. The number of amides is 1. The highest BCUT2D eigenvalue weighted by Gasteiger charge is 2.39. The van der Waals surface area contributed by atoms with Gasteiger partial charge in [-0.25, -0.2) is 0 Å². The third kappa shape index (κ3) is 6.91. The first-order chi connectivity index (χ1) is 16.6. The largest absolute Gasteiger partial charge is 0.399 e. The zero-order valence-electron chi connectivity index (χ0n) is 18.8. The number of fused-ring (bicyclic) bond motifs is 1. The molecule has 1 amide bonds. The smallest absolute Gasteiger partial charge is 0.355 e. The van der Waals surface area contributed by atoms with E-state index in [2.05, 4.69) is 5.32 Å². The Labute approximate surface area is 222 Å². The number of hydrogen-bond acceptors (Lipinski definition) is 2. The van der Waals surface area contributed by atoms with E-state index in [4.69, 9.17) is 34.8 Å². The minimum Gasteiger partial charge on any atom is -0.355 e. The summed E-state index contributed by atoms with van der Waals surface area (Å²) >= 11 is 19.7. The average molecular weight is 563 g/mol. The van der Waals surface area contributed by atoms with Crippen molar-refractivity contribution in [1.29, 1.82) is 0 Å². The Balaban J connectivity index is 1.45. The second-order valence-electron chi connectivity index (χ2n) is 8.95. The number of nitrogens with one attached hydrogen (secondary N) is 1. The van der Waals surface area contributed by atoms with E-state index in [0.29, 0.717) is 17.4 Å². The lowest BCUT2D eigenvalue weighted by Crippen LogP contribution is -2.27. The first-order valence-corrected chi connectivity index (χ1v) is 13.7. The Kier molecular flexibility index (Phi) is 8.68. The molecule has 2 atom stereocenters. The van der Waals surface area contributed by atoms with Gasteiger partial charge in [0.15, 0.2) is 0 Å². The molecule has 2 aromatic carbocycles. The number of alkyl halides is 3. The number of thioether (sulfide) groups is 1.